The van der Waals surface area contributed by atoms with Gasteiger partial charge in [0.05, 0.1) is 6.61 Å². The zero-order valence-corrected chi connectivity index (χ0v) is 9.93. The van der Waals surface area contributed by atoms with E-state index >= 15 is 0 Å². The molecule has 0 aliphatic rings. The SMILES string of the molecule is CC(C)CCCCCOC(=O)C(Cl)OF. The predicted molar refractivity (Wildman–Crippen MR) is 56.1 cm³/mol. The molecule has 0 saturated carbocycles. The summed E-state index contributed by atoms with van der Waals surface area (Å²) in [5.74, 6) is -0.178. The molecule has 90 valence electrons. The van der Waals surface area contributed by atoms with Gasteiger partial charge in [0, 0.05) is 0 Å². The Bertz CT molecular complexity index is 176. The van der Waals surface area contributed by atoms with Gasteiger partial charge in [0.15, 0.2) is 0 Å². The molecule has 0 spiro atoms. The van der Waals surface area contributed by atoms with E-state index in [0.717, 1.165) is 19.3 Å². The highest BCUT2D eigenvalue weighted by atomic mass is 35.5. The first-order valence-corrected chi connectivity index (χ1v) is 5.59. The van der Waals surface area contributed by atoms with Gasteiger partial charge in [-0.3, -0.25) is 0 Å². The number of ether oxygens (including phenoxy) is 1. The van der Waals surface area contributed by atoms with Gasteiger partial charge in [-0.1, -0.05) is 44.7 Å². The van der Waals surface area contributed by atoms with Crippen molar-refractivity contribution < 1.29 is 19.0 Å². The van der Waals surface area contributed by atoms with E-state index in [1.165, 1.54) is 6.42 Å². The van der Waals surface area contributed by atoms with Crippen LogP contribution in [0.1, 0.15) is 39.5 Å². The number of carbonyl (C=O) groups is 1. The maximum Gasteiger partial charge on any atom is 0.354 e. The second-order valence-electron chi connectivity index (χ2n) is 3.82. The van der Waals surface area contributed by atoms with Crippen LogP contribution in [0.15, 0.2) is 0 Å². The van der Waals surface area contributed by atoms with Gasteiger partial charge in [0.25, 0.3) is 5.56 Å². The van der Waals surface area contributed by atoms with E-state index in [-0.39, 0.29) is 6.61 Å². The molecule has 5 heteroatoms. The average Bonchev–Trinajstić information content (AvgIpc) is 2.21. The summed E-state index contributed by atoms with van der Waals surface area (Å²) in [6.45, 7) is 4.59. The van der Waals surface area contributed by atoms with E-state index in [2.05, 4.69) is 23.5 Å². The average molecular weight is 241 g/mol. The number of alkyl halides is 1. The zero-order valence-electron chi connectivity index (χ0n) is 9.17. The predicted octanol–water partition coefficient (Wildman–Crippen LogP) is 3.21. The maximum absolute atomic E-state index is 11.4. The van der Waals surface area contributed by atoms with Crippen molar-refractivity contribution in [1.29, 1.82) is 0 Å². The van der Waals surface area contributed by atoms with Gasteiger partial charge in [-0.05, 0) is 16.9 Å². The third-order valence-corrected chi connectivity index (χ3v) is 2.18. The summed E-state index contributed by atoms with van der Waals surface area (Å²) in [5.41, 5.74) is -1.64. The van der Waals surface area contributed by atoms with E-state index in [4.69, 9.17) is 11.6 Å². The largest absolute Gasteiger partial charge is 0.463 e. The zero-order chi connectivity index (χ0) is 11.7. The minimum Gasteiger partial charge on any atom is -0.463 e. The number of unbranched alkanes of at least 4 members (excludes halogenated alkanes) is 2. The van der Waals surface area contributed by atoms with E-state index in [0.29, 0.717) is 5.92 Å². The summed E-state index contributed by atoms with van der Waals surface area (Å²) < 4.78 is 16.1. The summed E-state index contributed by atoms with van der Waals surface area (Å²) in [6.07, 6.45) is 4.04. The van der Waals surface area contributed by atoms with Crippen LogP contribution in [0.2, 0.25) is 0 Å². The molecule has 1 atom stereocenters. The van der Waals surface area contributed by atoms with Crippen LogP contribution < -0.4 is 0 Å². The number of carbonyl (C=O) groups excluding carboxylic acids is 1. The molecule has 0 aromatic heterocycles. The number of hydrogen-bond donors (Lipinski definition) is 0. The first kappa shape index (κ1) is 14.6. The minimum atomic E-state index is -1.64. The van der Waals surface area contributed by atoms with Crippen molar-refractivity contribution in [3.05, 3.63) is 0 Å². The monoisotopic (exact) mass is 240 g/mol. The molecule has 0 fully saturated rings. The van der Waals surface area contributed by atoms with E-state index < -0.39 is 11.5 Å². The van der Waals surface area contributed by atoms with Crippen LogP contribution in [-0.4, -0.2) is 18.1 Å². The van der Waals surface area contributed by atoms with Crippen LogP contribution in [0.25, 0.3) is 0 Å². The van der Waals surface area contributed by atoms with Crippen molar-refractivity contribution in [2.24, 2.45) is 5.92 Å². The number of halogens is 2. The lowest BCUT2D eigenvalue weighted by molar-refractivity contribution is -0.185. The highest BCUT2D eigenvalue weighted by Gasteiger charge is 2.17. The lowest BCUT2D eigenvalue weighted by Gasteiger charge is -2.06. The normalized spacial score (nSPS) is 12.9. The summed E-state index contributed by atoms with van der Waals surface area (Å²) in [4.78, 5) is 13.9. The first-order valence-electron chi connectivity index (χ1n) is 5.16. The van der Waals surface area contributed by atoms with Crippen molar-refractivity contribution >= 4 is 17.6 Å². The quantitative estimate of drug-likeness (QED) is 0.371. The Morgan fingerprint density at radius 1 is 1.33 bits per heavy atom. The van der Waals surface area contributed by atoms with Crippen molar-refractivity contribution in [3.63, 3.8) is 0 Å². The Balaban J connectivity index is 3.27. The highest BCUT2D eigenvalue weighted by molar-refractivity contribution is 6.28. The van der Waals surface area contributed by atoms with E-state index in [9.17, 15) is 9.32 Å². The van der Waals surface area contributed by atoms with Crippen LogP contribution in [0.3, 0.4) is 0 Å². The van der Waals surface area contributed by atoms with Crippen molar-refractivity contribution in [2.45, 2.75) is 45.1 Å². The second-order valence-corrected chi connectivity index (χ2v) is 4.21. The Morgan fingerprint density at radius 3 is 2.53 bits per heavy atom. The molecule has 0 aliphatic heterocycles. The van der Waals surface area contributed by atoms with Gasteiger partial charge in [-0.25, -0.2) is 4.79 Å². The Morgan fingerprint density at radius 2 is 2.00 bits per heavy atom. The number of esters is 1. The van der Waals surface area contributed by atoms with Gasteiger partial charge >= 0.3 is 5.97 Å². The molecular weight excluding hydrogens is 223 g/mol. The molecule has 0 aliphatic carbocycles. The van der Waals surface area contributed by atoms with Crippen LogP contribution in [0.4, 0.5) is 4.53 Å². The molecule has 0 saturated heterocycles. The van der Waals surface area contributed by atoms with Crippen molar-refractivity contribution in [1.82, 2.24) is 0 Å². The Kier molecular flexibility index (Phi) is 8.71. The van der Waals surface area contributed by atoms with Gasteiger partial charge < -0.3 is 4.74 Å². The molecule has 1 unspecified atom stereocenters. The van der Waals surface area contributed by atoms with Gasteiger partial charge in [0.1, 0.15) is 0 Å². The van der Waals surface area contributed by atoms with Gasteiger partial charge in [-0.2, -0.15) is 4.94 Å². The van der Waals surface area contributed by atoms with Crippen LogP contribution in [0.5, 0.6) is 0 Å². The van der Waals surface area contributed by atoms with Crippen molar-refractivity contribution in [3.8, 4) is 0 Å². The molecule has 0 radical (unpaired) electrons. The Labute approximate surface area is 94.8 Å². The number of hydrogen-bond acceptors (Lipinski definition) is 3. The molecule has 0 N–H and O–H groups in total. The molecule has 0 amide bonds. The molecule has 15 heavy (non-hydrogen) atoms. The lowest BCUT2D eigenvalue weighted by atomic mass is 10.1. The minimum absolute atomic E-state index is 0.267. The third-order valence-electron chi connectivity index (χ3n) is 1.93. The maximum atomic E-state index is 11.4. The van der Waals surface area contributed by atoms with Crippen LogP contribution in [-0.2, 0) is 14.5 Å². The standard InChI is InChI=1S/C10H18ClFO3/c1-8(2)6-4-3-5-7-14-10(13)9(11)15-12/h8-9H,3-7H2,1-2H3. The molecule has 0 rings (SSSR count). The third kappa shape index (κ3) is 8.63. The fourth-order valence-corrected chi connectivity index (χ4v) is 1.17. The van der Waals surface area contributed by atoms with Gasteiger partial charge in [0.2, 0.25) is 0 Å². The summed E-state index contributed by atoms with van der Waals surface area (Å²) in [6, 6.07) is 0. The number of rotatable bonds is 8. The van der Waals surface area contributed by atoms with Crippen LogP contribution >= 0.6 is 11.6 Å². The molecular formula is C10H18ClFO3. The molecule has 3 nitrogen and oxygen atoms in total. The summed E-state index contributed by atoms with van der Waals surface area (Å²) >= 11 is 5.13. The Hall–Kier alpha value is -0.350. The van der Waals surface area contributed by atoms with E-state index in [1.54, 1.807) is 0 Å². The fourth-order valence-electron chi connectivity index (χ4n) is 1.11. The lowest BCUT2D eigenvalue weighted by Crippen LogP contribution is -2.18. The molecule has 0 aromatic carbocycles. The smallest absolute Gasteiger partial charge is 0.354 e. The molecule has 0 aromatic rings. The fraction of sp³-hybridized carbons (Fsp3) is 0.900. The highest BCUT2D eigenvalue weighted by Crippen LogP contribution is 2.08. The summed E-state index contributed by atoms with van der Waals surface area (Å²) in [5, 5.41) is 0. The molecule has 0 bridgehead atoms. The summed E-state index contributed by atoms with van der Waals surface area (Å²) in [7, 11) is 0. The van der Waals surface area contributed by atoms with E-state index in [1.807, 2.05) is 0 Å². The molecule has 0 heterocycles. The topological polar surface area (TPSA) is 35.5 Å². The van der Waals surface area contributed by atoms with Gasteiger partial charge in [-0.15, -0.1) is 0 Å². The first-order chi connectivity index (χ1) is 7.07. The second kappa shape index (κ2) is 8.92. The van der Waals surface area contributed by atoms with Crippen molar-refractivity contribution in [2.75, 3.05) is 6.61 Å². The van der Waals surface area contributed by atoms with Crippen LogP contribution in [0, 0.1) is 5.92 Å².